The highest BCUT2D eigenvalue weighted by Crippen LogP contribution is 2.31. The van der Waals surface area contributed by atoms with E-state index in [0.29, 0.717) is 11.5 Å². The molecule has 1 aliphatic heterocycles. The van der Waals surface area contributed by atoms with E-state index in [0.717, 1.165) is 5.56 Å². The van der Waals surface area contributed by atoms with Gasteiger partial charge in [-0.3, -0.25) is 3.93 Å². The number of halogens is 2. The predicted molar refractivity (Wildman–Crippen MR) is 59.0 cm³/mol. The molecule has 1 aliphatic rings. The van der Waals surface area contributed by atoms with Crippen molar-refractivity contribution >= 4 is 39.6 Å². The maximum atomic E-state index is 8.69. The third-order valence-electron chi connectivity index (χ3n) is 1.87. The molecule has 0 saturated carbocycles. The number of anilines is 1. The number of nitrogens with zero attached hydrogens (tertiary/aromatic N) is 3. The summed E-state index contributed by atoms with van der Waals surface area (Å²) >= 11 is 9.25. The molecule has 0 aromatic carbocycles. The molecule has 14 heavy (non-hydrogen) atoms. The Labute approximate surface area is 94.9 Å². The van der Waals surface area contributed by atoms with E-state index in [1.807, 2.05) is 24.3 Å². The number of rotatable bonds is 0. The molecule has 0 aliphatic carbocycles. The predicted octanol–water partition coefficient (Wildman–Crippen LogP) is 2.66. The highest BCUT2D eigenvalue weighted by molar-refractivity contribution is 9.10. The van der Waals surface area contributed by atoms with Gasteiger partial charge in [-0.2, -0.15) is 5.26 Å². The summed E-state index contributed by atoms with van der Waals surface area (Å²) in [6, 6.07) is 5.51. The normalized spacial score (nSPS) is 18.9. The zero-order valence-corrected chi connectivity index (χ0v) is 9.33. The first-order chi connectivity index (χ1) is 6.72. The van der Waals surface area contributed by atoms with E-state index >= 15 is 0 Å². The molecular formula is C9H5BrClN3. The summed E-state index contributed by atoms with van der Waals surface area (Å²) in [7, 11) is 0. The van der Waals surface area contributed by atoms with Gasteiger partial charge in [-0.25, -0.2) is 4.98 Å². The lowest BCUT2D eigenvalue weighted by Gasteiger charge is -2.24. The van der Waals surface area contributed by atoms with Gasteiger partial charge in [0.1, 0.15) is 23.1 Å². The number of nitriles is 1. The Hall–Kier alpha value is -1.05. The zero-order valence-electron chi connectivity index (χ0n) is 6.98. The van der Waals surface area contributed by atoms with Crippen LogP contribution in [0.4, 0.5) is 5.82 Å². The zero-order chi connectivity index (χ0) is 10.1. The van der Waals surface area contributed by atoms with E-state index in [-0.39, 0.29) is 5.50 Å². The van der Waals surface area contributed by atoms with Crippen molar-refractivity contribution in [3.05, 3.63) is 29.5 Å². The van der Waals surface area contributed by atoms with Crippen molar-refractivity contribution in [2.45, 2.75) is 5.50 Å². The van der Waals surface area contributed by atoms with Crippen LogP contribution in [0.25, 0.3) is 6.08 Å². The van der Waals surface area contributed by atoms with E-state index in [4.69, 9.17) is 16.9 Å². The average Bonchev–Trinajstić information content (AvgIpc) is 2.23. The van der Waals surface area contributed by atoms with Crippen LogP contribution in [-0.4, -0.2) is 10.5 Å². The largest absolute Gasteiger partial charge is 0.271 e. The van der Waals surface area contributed by atoms with Crippen molar-refractivity contribution in [1.82, 2.24) is 4.98 Å². The molecule has 1 atom stereocenters. The Balaban J connectivity index is 2.55. The van der Waals surface area contributed by atoms with Gasteiger partial charge in [0.15, 0.2) is 0 Å². The summed E-state index contributed by atoms with van der Waals surface area (Å²) in [5, 5.41) is 8.69. The minimum atomic E-state index is -0.274. The molecule has 2 heterocycles. The Morgan fingerprint density at radius 3 is 3.07 bits per heavy atom. The molecule has 70 valence electrons. The molecule has 1 aromatic heterocycles. The first-order valence-electron chi connectivity index (χ1n) is 3.91. The van der Waals surface area contributed by atoms with Crippen LogP contribution in [-0.2, 0) is 0 Å². The summed E-state index contributed by atoms with van der Waals surface area (Å²) < 4.78 is 1.64. The van der Waals surface area contributed by atoms with Crippen molar-refractivity contribution in [3.63, 3.8) is 0 Å². The first-order valence-corrected chi connectivity index (χ1v) is 5.05. The lowest BCUT2D eigenvalue weighted by atomic mass is 10.2. The standard InChI is InChI=1S/C9H5BrClN3/c10-14-8(11)4-2-6-1-3-7(5-12)13-9(6)14/h1-4,8H. The van der Waals surface area contributed by atoms with Gasteiger partial charge in [0, 0.05) is 5.56 Å². The van der Waals surface area contributed by atoms with E-state index in [1.54, 1.807) is 9.99 Å². The highest BCUT2D eigenvalue weighted by Gasteiger charge is 2.19. The van der Waals surface area contributed by atoms with E-state index < -0.39 is 0 Å². The minimum Gasteiger partial charge on any atom is -0.271 e. The molecule has 1 unspecified atom stereocenters. The number of hydrogen-bond donors (Lipinski definition) is 0. The van der Waals surface area contributed by atoms with Crippen LogP contribution >= 0.6 is 27.7 Å². The molecule has 2 rings (SSSR count). The fraction of sp³-hybridized carbons (Fsp3) is 0.111. The fourth-order valence-electron chi connectivity index (χ4n) is 1.20. The van der Waals surface area contributed by atoms with Crippen LogP contribution in [0.3, 0.4) is 0 Å². The van der Waals surface area contributed by atoms with Gasteiger partial charge in [0.25, 0.3) is 0 Å². The Morgan fingerprint density at radius 1 is 1.57 bits per heavy atom. The van der Waals surface area contributed by atoms with E-state index in [2.05, 4.69) is 21.1 Å². The van der Waals surface area contributed by atoms with E-state index in [1.165, 1.54) is 0 Å². The summed E-state index contributed by atoms with van der Waals surface area (Å²) in [6.45, 7) is 0. The molecule has 0 N–H and O–H groups in total. The summed E-state index contributed by atoms with van der Waals surface area (Å²) in [5.74, 6) is 0.673. The number of pyridine rings is 1. The first kappa shape index (κ1) is 9.50. The Bertz CT molecular complexity index is 438. The number of aromatic nitrogens is 1. The van der Waals surface area contributed by atoms with Crippen molar-refractivity contribution in [3.8, 4) is 6.07 Å². The topological polar surface area (TPSA) is 39.9 Å². The van der Waals surface area contributed by atoms with Gasteiger partial charge in [-0.05, 0) is 18.2 Å². The minimum absolute atomic E-state index is 0.274. The molecule has 0 bridgehead atoms. The summed E-state index contributed by atoms with van der Waals surface area (Å²) in [6.07, 6.45) is 3.73. The number of fused-ring (bicyclic) bond motifs is 1. The lowest BCUT2D eigenvalue weighted by Crippen LogP contribution is -2.22. The maximum absolute atomic E-state index is 8.69. The average molecular weight is 271 g/mol. The van der Waals surface area contributed by atoms with Crippen LogP contribution in [0.5, 0.6) is 0 Å². The Kier molecular flexibility index (Phi) is 2.44. The highest BCUT2D eigenvalue weighted by atomic mass is 79.9. The molecule has 0 saturated heterocycles. The van der Waals surface area contributed by atoms with Crippen LogP contribution < -0.4 is 3.93 Å². The van der Waals surface area contributed by atoms with Crippen LogP contribution in [0.1, 0.15) is 11.3 Å². The third-order valence-corrected chi connectivity index (χ3v) is 3.23. The molecule has 0 fully saturated rings. The van der Waals surface area contributed by atoms with Crippen molar-refractivity contribution in [2.24, 2.45) is 0 Å². The molecule has 0 amide bonds. The van der Waals surface area contributed by atoms with Crippen LogP contribution in [0.15, 0.2) is 18.2 Å². The second-order valence-corrected chi connectivity index (χ2v) is 3.98. The van der Waals surface area contributed by atoms with E-state index in [9.17, 15) is 0 Å². The molecular weight excluding hydrogens is 265 g/mol. The smallest absolute Gasteiger partial charge is 0.148 e. The quantitative estimate of drug-likeness (QED) is 0.413. The van der Waals surface area contributed by atoms with Gasteiger partial charge in [0.05, 0.1) is 16.1 Å². The summed E-state index contributed by atoms with van der Waals surface area (Å²) in [5.41, 5.74) is 1.05. The van der Waals surface area contributed by atoms with Crippen molar-refractivity contribution in [1.29, 1.82) is 5.26 Å². The lowest BCUT2D eigenvalue weighted by molar-refractivity contribution is 1.06. The van der Waals surface area contributed by atoms with Crippen molar-refractivity contribution in [2.75, 3.05) is 3.93 Å². The fourth-order valence-corrected chi connectivity index (χ4v) is 1.78. The molecule has 5 heteroatoms. The maximum Gasteiger partial charge on any atom is 0.148 e. The summed E-state index contributed by atoms with van der Waals surface area (Å²) in [4.78, 5) is 4.15. The van der Waals surface area contributed by atoms with Crippen molar-refractivity contribution < 1.29 is 0 Å². The molecule has 1 aromatic rings. The van der Waals surface area contributed by atoms with Gasteiger partial charge in [-0.15, -0.1) is 0 Å². The number of hydrogen-bond acceptors (Lipinski definition) is 3. The molecule has 3 nitrogen and oxygen atoms in total. The SMILES string of the molecule is N#Cc1ccc2c(n1)N(Br)C(Cl)C=C2. The molecule has 0 radical (unpaired) electrons. The second kappa shape index (κ2) is 3.60. The number of alkyl halides is 1. The third kappa shape index (κ3) is 1.49. The van der Waals surface area contributed by atoms with Gasteiger partial charge >= 0.3 is 0 Å². The van der Waals surface area contributed by atoms with Crippen LogP contribution in [0, 0.1) is 11.3 Å². The van der Waals surface area contributed by atoms with Gasteiger partial charge < -0.3 is 0 Å². The van der Waals surface area contributed by atoms with Gasteiger partial charge in [-0.1, -0.05) is 17.7 Å². The van der Waals surface area contributed by atoms with Crippen LogP contribution in [0.2, 0.25) is 0 Å². The second-order valence-electron chi connectivity index (χ2n) is 2.76. The Morgan fingerprint density at radius 2 is 2.36 bits per heavy atom. The van der Waals surface area contributed by atoms with Gasteiger partial charge in [0.2, 0.25) is 0 Å². The monoisotopic (exact) mass is 269 g/mol. The molecule has 0 spiro atoms.